The SMILES string of the molecule is CSCC[C@@H](NS(=O)(=O)c1ccccc1)C(=O)NC[C@@H]1CCN(CC(F)(F)F)C1. The molecule has 0 aliphatic carbocycles. The Morgan fingerprint density at radius 1 is 1.31 bits per heavy atom. The zero-order valence-corrected chi connectivity index (χ0v) is 17.7. The molecule has 0 spiro atoms. The third-order valence-corrected chi connectivity index (χ3v) is 6.75. The van der Waals surface area contributed by atoms with E-state index in [4.69, 9.17) is 0 Å². The van der Waals surface area contributed by atoms with Gasteiger partial charge < -0.3 is 5.32 Å². The van der Waals surface area contributed by atoms with E-state index in [2.05, 4.69) is 10.0 Å². The summed E-state index contributed by atoms with van der Waals surface area (Å²) in [6, 6.07) is 6.83. The first kappa shape index (κ1) is 24.0. The summed E-state index contributed by atoms with van der Waals surface area (Å²) in [6.45, 7) is -0.151. The van der Waals surface area contributed by atoms with Crippen LogP contribution in [0.1, 0.15) is 12.8 Å². The lowest BCUT2D eigenvalue weighted by Crippen LogP contribution is -2.48. The molecule has 1 saturated heterocycles. The van der Waals surface area contributed by atoms with Crippen LogP contribution in [0, 0.1) is 5.92 Å². The van der Waals surface area contributed by atoms with Gasteiger partial charge in [-0.15, -0.1) is 0 Å². The minimum atomic E-state index is -4.24. The lowest BCUT2D eigenvalue weighted by molar-refractivity contribution is -0.143. The molecule has 1 fully saturated rings. The van der Waals surface area contributed by atoms with Crippen molar-refractivity contribution >= 4 is 27.7 Å². The number of thioether (sulfide) groups is 1. The summed E-state index contributed by atoms with van der Waals surface area (Å²) in [6.07, 6.45) is -1.52. The smallest absolute Gasteiger partial charge is 0.354 e. The summed E-state index contributed by atoms with van der Waals surface area (Å²) in [5.41, 5.74) is 0. The van der Waals surface area contributed by atoms with Gasteiger partial charge in [-0.1, -0.05) is 18.2 Å². The molecule has 1 amide bonds. The molecule has 1 heterocycles. The van der Waals surface area contributed by atoms with Crippen LogP contribution in [-0.4, -0.2) is 69.6 Å². The molecule has 29 heavy (non-hydrogen) atoms. The zero-order chi connectivity index (χ0) is 21.5. The summed E-state index contributed by atoms with van der Waals surface area (Å²) in [5, 5.41) is 2.71. The Bertz CT molecular complexity index is 761. The summed E-state index contributed by atoms with van der Waals surface area (Å²) in [4.78, 5) is 14.0. The van der Waals surface area contributed by atoms with Gasteiger partial charge in [-0.3, -0.25) is 9.69 Å². The molecule has 6 nitrogen and oxygen atoms in total. The van der Waals surface area contributed by atoms with Crippen LogP contribution in [0.15, 0.2) is 35.2 Å². The lowest BCUT2D eigenvalue weighted by atomic mass is 10.1. The Labute approximate surface area is 173 Å². The number of carbonyl (C=O) groups excluding carboxylic acids is 1. The van der Waals surface area contributed by atoms with Crippen LogP contribution < -0.4 is 10.0 Å². The molecule has 164 valence electrons. The van der Waals surface area contributed by atoms with Crippen molar-refractivity contribution in [2.75, 3.05) is 38.2 Å². The number of amides is 1. The van der Waals surface area contributed by atoms with Gasteiger partial charge in [-0.25, -0.2) is 8.42 Å². The van der Waals surface area contributed by atoms with Crippen molar-refractivity contribution in [1.82, 2.24) is 14.9 Å². The van der Waals surface area contributed by atoms with Crippen molar-refractivity contribution < 1.29 is 26.4 Å². The van der Waals surface area contributed by atoms with Gasteiger partial charge in [0, 0.05) is 13.1 Å². The van der Waals surface area contributed by atoms with E-state index in [0.29, 0.717) is 25.1 Å². The molecule has 11 heteroatoms. The number of benzene rings is 1. The maximum absolute atomic E-state index is 12.6. The van der Waals surface area contributed by atoms with E-state index >= 15 is 0 Å². The highest BCUT2D eigenvalue weighted by Crippen LogP contribution is 2.22. The van der Waals surface area contributed by atoms with Crippen molar-refractivity contribution in [1.29, 1.82) is 0 Å². The summed E-state index contributed by atoms with van der Waals surface area (Å²) in [5.74, 6) is 0.0270. The maximum Gasteiger partial charge on any atom is 0.401 e. The minimum Gasteiger partial charge on any atom is -0.354 e. The van der Waals surface area contributed by atoms with Crippen LogP contribution in [0.3, 0.4) is 0 Å². The number of nitrogens with one attached hydrogen (secondary N) is 2. The monoisotopic (exact) mass is 453 g/mol. The molecule has 0 radical (unpaired) electrons. The average Bonchev–Trinajstić information content (AvgIpc) is 3.09. The first-order valence-electron chi connectivity index (χ1n) is 9.24. The molecule has 0 bridgehead atoms. The van der Waals surface area contributed by atoms with Gasteiger partial charge in [0.2, 0.25) is 15.9 Å². The number of sulfonamides is 1. The van der Waals surface area contributed by atoms with E-state index in [1.807, 2.05) is 6.26 Å². The van der Waals surface area contributed by atoms with E-state index in [0.717, 1.165) is 0 Å². The number of hydrogen-bond donors (Lipinski definition) is 2. The van der Waals surface area contributed by atoms with Crippen LogP contribution in [-0.2, 0) is 14.8 Å². The Morgan fingerprint density at radius 3 is 2.62 bits per heavy atom. The van der Waals surface area contributed by atoms with Gasteiger partial charge in [-0.05, 0) is 49.4 Å². The fraction of sp³-hybridized carbons (Fsp3) is 0.611. The minimum absolute atomic E-state index is 0.0699. The number of hydrogen-bond acceptors (Lipinski definition) is 5. The number of alkyl halides is 3. The van der Waals surface area contributed by atoms with E-state index in [9.17, 15) is 26.4 Å². The molecule has 1 aliphatic heterocycles. The highest BCUT2D eigenvalue weighted by Gasteiger charge is 2.34. The van der Waals surface area contributed by atoms with Gasteiger partial charge in [0.05, 0.1) is 11.4 Å². The zero-order valence-electron chi connectivity index (χ0n) is 16.1. The fourth-order valence-corrected chi connectivity index (χ4v) is 4.90. The van der Waals surface area contributed by atoms with Crippen molar-refractivity contribution in [3.63, 3.8) is 0 Å². The first-order valence-corrected chi connectivity index (χ1v) is 12.1. The quantitative estimate of drug-likeness (QED) is 0.567. The highest BCUT2D eigenvalue weighted by molar-refractivity contribution is 7.98. The number of likely N-dealkylation sites (tertiary alicyclic amines) is 1. The third kappa shape index (κ3) is 8.15. The number of halogens is 3. The number of carbonyl (C=O) groups is 1. The van der Waals surface area contributed by atoms with Gasteiger partial charge in [0.15, 0.2) is 0 Å². The molecule has 1 aromatic carbocycles. The van der Waals surface area contributed by atoms with Crippen molar-refractivity contribution in [2.24, 2.45) is 5.92 Å². The van der Waals surface area contributed by atoms with Gasteiger partial charge in [0.1, 0.15) is 6.04 Å². The Hall–Kier alpha value is -1.30. The lowest BCUT2D eigenvalue weighted by Gasteiger charge is -2.20. The first-order chi connectivity index (χ1) is 13.6. The summed E-state index contributed by atoms with van der Waals surface area (Å²) in [7, 11) is -3.85. The molecule has 2 N–H and O–H groups in total. The molecule has 0 aromatic heterocycles. The molecule has 2 atom stereocenters. The average molecular weight is 454 g/mol. The summed E-state index contributed by atoms with van der Waals surface area (Å²) < 4.78 is 65.0. The predicted octanol–water partition coefficient (Wildman–Crippen LogP) is 2.09. The summed E-state index contributed by atoms with van der Waals surface area (Å²) >= 11 is 1.49. The van der Waals surface area contributed by atoms with Crippen molar-refractivity contribution in [2.45, 2.75) is 30.0 Å². The van der Waals surface area contributed by atoms with Gasteiger partial charge >= 0.3 is 6.18 Å². The second-order valence-corrected chi connectivity index (χ2v) is 9.72. The Balaban J connectivity index is 1.92. The Morgan fingerprint density at radius 2 is 2.00 bits per heavy atom. The molecule has 1 aromatic rings. The van der Waals surface area contributed by atoms with E-state index < -0.39 is 34.7 Å². The van der Waals surface area contributed by atoms with Crippen LogP contribution in [0.4, 0.5) is 13.2 Å². The second kappa shape index (κ2) is 10.6. The molecule has 2 rings (SSSR count). The highest BCUT2D eigenvalue weighted by atomic mass is 32.2. The van der Waals surface area contributed by atoms with Crippen LogP contribution in [0.5, 0.6) is 0 Å². The predicted molar refractivity (Wildman–Crippen MR) is 107 cm³/mol. The van der Waals surface area contributed by atoms with E-state index in [1.165, 1.54) is 28.8 Å². The normalized spacial score (nSPS) is 19.2. The molecular weight excluding hydrogens is 427 g/mol. The molecule has 1 aliphatic rings. The Kier molecular flexibility index (Phi) is 8.80. The second-order valence-electron chi connectivity index (χ2n) is 7.02. The molecule has 0 saturated carbocycles. The van der Waals surface area contributed by atoms with E-state index in [-0.39, 0.29) is 23.9 Å². The largest absolute Gasteiger partial charge is 0.401 e. The van der Waals surface area contributed by atoms with Crippen LogP contribution in [0.2, 0.25) is 0 Å². The molecule has 0 unspecified atom stereocenters. The molecular formula is C18H26F3N3O3S2. The van der Waals surface area contributed by atoms with Crippen molar-refractivity contribution in [3.05, 3.63) is 30.3 Å². The van der Waals surface area contributed by atoms with Crippen LogP contribution in [0.25, 0.3) is 0 Å². The maximum atomic E-state index is 12.6. The van der Waals surface area contributed by atoms with Crippen molar-refractivity contribution in [3.8, 4) is 0 Å². The van der Waals surface area contributed by atoms with Gasteiger partial charge in [0.25, 0.3) is 0 Å². The standard InChI is InChI=1S/C18H26F3N3O3S2/c1-28-10-8-16(23-29(26,27)15-5-3-2-4-6-15)17(25)22-11-14-7-9-24(12-14)13-18(19,20)21/h2-6,14,16,23H,7-13H2,1H3,(H,22,25)/t14-,16+/m0/s1. The third-order valence-electron chi connectivity index (χ3n) is 4.62. The fourth-order valence-electron chi connectivity index (χ4n) is 3.18. The number of nitrogens with zero attached hydrogens (tertiary/aromatic N) is 1. The van der Waals surface area contributed by atoms with Gasteiger partial charge in [-0.2, -0.15) is 29.7 Å². The van der Waals surface area contributed by atoms with E-state index in [1.54, 1.807) is 18.2 Å². The topological polar surface area (TPSA) is 78.5 Å². The number of rotatable bonds is 10. The van der Waals surface area contributed by atoms with Crippen LogP contribution >= 0.6 is 11.8 Å².